The van der Waals surface area contributed by atoms with Crippen LogP contribution in [0, 0.1) is 5.82 Å². The van der Waals surface area contributed by atoms with Crippen LogP contribution in [0.1, 0.15) is 18.4 Å². The number of aromatic nitrogens is 2. The van der Waals surface area contributed by atoms with E-state index in [4.69, 9.17) is 19.9 Å². The molecule has 2 N–H and O–H groups in total. The smallest absolute Gasteiger partial charge is 0.414 e. The van der Waals surface area contributed by atoms with Crippen molar-refractivity contribution in [3.8, 4) is 22.6 Å². The van der Waals surface area contributed by atoms with E-state index in [1.165, 1.54) is 11.0 Å². The molecule has 0 aliphatic carbocycles. The van der Waals surface area contributed by atoms with Crippen LogP contribution in [0.4, 0.5) is 20.8 Å². The van der Waals surface area contributed by atoms with Gasteiger partial charge in [-0.3, -0.25) is 14.5 Å². The lowest BCUT2D eigenvalue weighted by Gasteiger charge is -2.34. The number of carbonyl (C=O) groups is 3. The lowest BCUT2D eigenvalue weighted by Crippen LogP contribution is -2.49. The third-order valence-electron chi connectivity index (χ3n) is 7.54. The second-order valence-corrected chi connectivity index (χ2v) is 10.3. The molecule has 2 fully saturated rings. The molecule has 43 heavy (non-hydrogen) atoms. The van der Waals surface area contributed by atoms with E-state index in [9.17, 15) is 14.4 Å². The highest BCUT2D eigenvalue weighted by atomic mass is 19.1. The van der Waals surface area contributed by atoms with E-state index in [1.807, 2.05) is 11.0 Å². The van der Waals surface area contributed by atoms with Gasteiger partial charge < -0.3 is 29.7 Å². The maximum Gasteiger partial charge on any atom is 0.414 e. The number of nitrogens with zero attached hydrogens (tertiary/aromatic N) is 5. The molecule has 13 heteroatoms. The van der Waals surface area contributed by atoms with Crippen molar-refractivity contribution in [2.75, 3.05) is 56.7 Å². The van der Waals surface area contributed by atoms with E-state index in [0.29, 0.717) is 61.3 Å². The summed E-state index contributed by atoms with van der Waals surface area (Å²) in [6.45, 7) is 2.32. The molecular weight excluding hydrogens is 559 g/mol. The average Bonchev–Trinajstić information content (AvgIpc) is 3.40. The predicted octanol–water partition coefficient (Wildman–Crippen LogP) is 2.78. The van der Waals surface area contributed by atoms with Crippen LogP contribution in [-0.4, -0.2) is 85.8 Å². The first-order valence-corrected chi connectivity index (χ1v) is 13.9. The van der Waals surface area contributed by atoms with Crippen LogP contribution in [0.3, 0.4) is 0 Å². The van der Waals surface area contributed by atoms with Crippen LogP contribution in [0.15, 0.2) is 48.8 Å². The van der Waals surface area contributed by atoms with Crippen LogP contribution in [0.25, 0.3) is 11.1 Å². The van der Waals surface area contributed by atoms with E-state index in [2.05, 4.69) is 9.97 Å². The highest BCUT2D eigenvalue weighted by molar-refractivity contribution is 5.90. The van der Waals surface area contributed by atoms with Gasteiger partial charge in [-0.25, -0.2) is 19.2 Å². The summed E-state index contributed by atoms with van der Waals surface area (Å²) in [5, 5.41) is 0. The second-order valence-electron chi connectivity index (χ2n) is 10.3. The van der Waals surface area contributed by atoms with Crippen LogP contribution >= 0.6 is 0 Å². The number of piperazine rings is 1. The molecule has 1 unspecified atom stereocenters. The molecule has 2 aromatic carbocycles. The number of carbonyl (C=O) groups excluding carboxylic acids is 3. The number of cyclic esters (lactones) is 1. The van der Waals surface area contributed by atoms with Crippen molar-refractivity contribution in [1.29, 1.82) is 0 Å². The predicted molar refractivity (Wildman–Crippen MR) is 156 cm³/mol. The molecule has 226 valence electrons. The van der Waals surface area contributed by atoms with Crippen LogP contribution in [0.5, 0.6) is 11.5 Å². The monoisotopic (exact) mass is 592 g/mol. The summed E-state index contributed by atoms with van der Waals surface area (Å²) in [7, 11) is 3.15. The minimum Gasteiger partial charge on any atom is -0.497 e. The fourth-order valence-electron chi connectivity index (χ4n) is 5.17. The zero-order valence-corrected chi connectivity index (χ0v) is 24.0. The molecule has 2 aliphatic rings. The number of hydrogen-bond acceptors (Lipinski definition) is 9. The summed E-state index contributed by atoms with van der Waals surface area (Å²) in [5.74, 6) is 0.762. The van der Waals surface area contributed by atoms with Gasteiger partial charge in [0.25, 0.3) is 0 Å². The summed E-state index contributed by atoms with van der Waals surface area (Å²) >= 11 is 0. The Hall–Kier alpha value is -4.94. The van der Waals surface area contributed by atoms with Crippen molar-refractivity contribution in [2.24, 2.45) is 5.73 Å². The largest absolute Gasteiger partial charge is 0.497 e. The quantitative estimate of drug-likeness (QED) is 0.376. The zero-order valence-electron chi connectivity index (χ0n) is 24.0. The van der Waals surface area contributed by atoms with Gasteiger partial charge in [-0.1, -0.05) is 0 Å². The van der Waals surface area contributed by atoms with E-state index in [0.717, 1.165) is 5.56 Å². The summed E-state index contributed by atoms with van der Waals surface area (Å²) in [6.07, 6.45) is 2.63. The molecule has 0 saturated carbocycles. The highest BCUT2D eigenvalue weighted by Crippen LogP contribution is 2.30. The normalized spacial score (nSPS) is 16.7. The Bertz CT molecular complexity index is 1490. The van der Waals surface area contributed by atoms with Gasteiger partial charge in [-0.15, -0.1) is 0 Å². The molecule has 0 radical (unpaired) electrons. The van der Waals surface area contributed by atoms with Crippen LogP contribution in [0.2, 0.25) is 0 Å². The zero-order chi connectivity index (χ0) is 30.5. The Kier molecular flexibility index (Phi) is 8.88. The Balaban J connectivity index is 1.17. The van der Waals surface area contributed by atoms with Crippen molar-refractivity contribution in [1.82, 2.24) is 14.9 Å². The first kappa shape index (κ1) is 29.5. The van der Waals surface area contributed by atoms with Crippen LogP contribution in [-0.2, 0) is 20.7 Å². The topological polar surface area (TPSA) is 140 Å². The standard InChI is InChI=1S/C30H33FN6O6/c1-41-22-4-7-26(42-2)19(13-22)14-28(39)35-9-11-36(12-10-35)29-33-16-20(17-34-29)24-6-3-21(15-25(24)31)37-18-23(43-30(37)40)5-8-27(32)38/h3-4,6-7,13,15-17,23H,5,8-12,14,18H2,1-2H3,(H2,32,38). The number of ether oxygens (including phenoxy) is 3. The van der Waals surface area contributed by atoms with Crippen molar-refractivity contribution < 1.29 is 33.0 Å². The molecule has 0 spiro atoms. The lowest BCUT2D eigenvalue weighted by molar-refractivity contribution is -0.130. The van der Waals surface area contributed by atoms with Gasteiger partial charge in [0.05, 0.1) is 32.9 Å². The Morgan fingerprint density at radius 3 is 2.44 bits per heavy atom. The molecule has 0 bridgehead atoms. The number of halogens is 1. The van der Waals surface area contributed by atoms with Crippen molar-refractivity contribution in [2.45, 2.75) is 25.4 Å². The number of methoxy groups -OCH3 is 2. The van der Waals surface area contributed by atoms with Gasteiger partial charge >= 0.3 is 6.09 Å². The number of primary amides is 1. The third kappa shape index (κ3) is 6.76. The molecule has 12 nitrogen and oxygen atoms in total. The fraction of sp³-hybridized carbons (Fsp3) is 0.367. The molecule has 2 saturated heterocycles. The third-order valence-corrected chi connectivity index (χ3v) is 7.54. The van der Waals surface area contributed by atoms with Crippen molar-refractivity contribution in [3.63, 3.8) is 0 Å². The van der Waals surface area contributed by atoms with Gasteiger partial charge in [0.1, 0.15) is 23.4 Å². The van der Waals surface area contributed by atoms with Gasteiger partial charge in [0.2, 0.25) is 17.8 Å². The van der Waals surface area contributed by atoms with Gasteiger partial charge in [0, 0.05) is 61.7 Å². The summed E-state index contributed by atoms with van der Waals surface area (Å²) in [5.41, 5.74) is 7.06. The summed E-state index contributed by atoms with van der Waals surface area (Å²) in [4.78, 5) is 50.3. The number of nitrogens with two attached hydrogens (primary N) is 1. The Labute approximate surface area is 248 Å². The molecule has 3 aromatic rings. The van der Waals surface area contributed by atoms with E-state index < -0.39 is 23.9 Å². The number of anilines is 2. The highest BCUT2D eigenvalue weighted by Gasteiger charge is 2.33. The minimum absolute atomic E-state index is 0.00948. The fourth-order valence-corrected chi connectivity index (χ4v) is 5.17. The molecule has 5 rings (SSSR count). The average molecular weight is 593 g/mol. The molecule has 3 amide bonds. The molecule has 3 heterocycles. The van der Waals surface area contributed by atoms with E-state index in [1.54, 1.807) is 55.8 Å². The SMILES string of the molecule is COc1ccc(OC)c(CC(=O)N2CCN(c3ncc(-c4ccc(N5CC(CCC(N)=O)OC5=O)cc4F)cn3)CC2)c1. The van der Waals surface area contributed by atoms with Crippen molar-refractivity contribution >= 4 is 29.5 Å². The summed E-state index contributed by atoms with van der Waals surface area (Å²) < 4.78 is 31.1. The molecular formula is C30H33FN6O6. The molecule has 1 aromatic heterocycles. The molecule has 2 aliphatic heterocycles. The van der Waals surface area contributed by atoms with Crippen LogP contribution < -0.4 is 25.0 Å². The van der Waals surface area contributed by atoms with Gasteiger partial charge in [-0.2, -0.15) is 0 Å². The second kappa shape index (κ2) is 12.9. The van der Waals surface area contributed by atoms with Gasteiger partial charge in [-0.05, 0) is 42.8 Å². The molecule has 1 atom stereocenters. The number of amides is 3. The Morgan fingerprint density at radius 2 is 1.79 bits per heavy atom. The maximum absolute atomic E-state index is 15.1. The maximum atomic E-state index is 15.1. The van der Waals surface area contributed by atoms with E-state index >= 15 is 4.39 Å². The lowest BCUT2D eigenvalue weighted by atomic mass is 10.1. The summed E-state index contributed by atoms with van der Waals surface area (Å²) in [6, 6.07) is 9.84. The Morgan fingerprint density at radius 1 is 1.05 bits per heavy atom. The number of rotatable bonds is 10. The van der Waals surface area contributed by atoms with Gasteiger partial charge in [0.15, 0.2) is 0 Å². The first-order chi connectivity index (χ1) is 20.7. The number of benzene rings is 2. The minimum atomic E-state index is -0.601. The first-order valence-electron chi connectivity index (χ1n) is 13.9. The van der Waals surface area contributed by atoms with Crippen molar-refractivity contribution in [3.05, 3.63) is 60.2 Å². The number of hydrogen-bond donors (Lipinski definition) is 1. The van der Waals surface area contributed by atoms with E-state index in [-0.39, 0.29) is 30.9 Å².